The van der Waals surface area contributed by atoms with Gasteiger partial charge in [0.1, 0.15) is 0 Å². The summed E-state index contributed by atoms with van der Waals surface area (Å²) in [5.41, 5.74) is 1.85. The van der Waals surface area contributed by atoms with Gasteiger partial charge in [-0.1, -0.05) is 19.1 Å². The molecule has 1 aromatic heterocycles. The van der Waals surface area contributed by atoms with E-state index in [9.17, 15) is 9.59 Å². The summed E-state index contributed by atoms with van der Waals surface area (Å²) in [6.07, 6.45) is 2.85. The van der Waals surface area contributed by atoms with Crippen molar-refractivity contribution in [3.8, 4) is 0 Å². The van der Waals surface area contributed by atoms with Gasteiger partial charge >= 0.3 is 0 Å². The molecule has 1 aliphatic heterocycles. The van der Waals surface area contributed by atoms with Crippen molar-refractivity contribution >= 4 is 23.5 Å². The van der Waals surface area contributed by atoms with Crippen molar-refractivity contribution in [3.63, 3.8) is 0 Å². The average Bonchev–Trinajstić information content (AvgIpc) is 3.29. The molecule has 0 unspecified atom stereocenters. The maximum atomic E-state index is 12.4. The Morgan fingerprint density at radius 3 is 2.53 bits per heavy atom. The average molecular weight is 412 g/mol. The van der Waals surface area contributed by atoms with Gasteiger partial charge in [0.2, 0.25) is 5.91 Å². The summed E-state index contributed by atoms with van der Waals surface area (Å²) in [4.78, 5) is 32.5. The van der Waals surface area contributed by atoms with Crippen LogP contribution in [0.3, 0.4) is 0 Å². The third kappa shape index (κ3) is 5.62. The van der Waals surface area contributed by atoms with E-state index < -0.39 is 0 Å². The van der Waals surface area contributed by atoms with Gasteiger partial charge in [0, 0.05) is 51.9 Å². The maximum absolute atomic E-state index is 12.4. The Morgan fingerprint density at radius 2 is 1.87 bits per heavy atom. The van der Waals surface area contributed by atoms with E-state index in [2.05, 4.69) is 20.5 Å². The standard InChI is InChI=1S/C22H29N5O3/c1-3-6-20(28)25-18-8-4-7-17(15-18)16-24-22(23-2)27-12-10-26(11-13-27)21(29)19-9-5-14-30-19/h4-5,7-9,14-15H,3,6,10-13,16H2,1-2H3,(H,23,24)(H,25,28). The lowest BCUT2D eigenvalue weighted by Gasteiger charge is -2.36. The maximum Gasteiger partial charge on any atom is 0.289 e. The number of piperazine rings is 1. The minimum atomic E-state index is -0.0791. The van der Waals surface area contributed by atoms with E-state index in [-0.39, 0.29) is 11.8 Å². The highest BCUT2D eigenvalue weighted by Gasteiger charge is 2.25. The van der Waals surface area contributed by atoms with Crippen LogP contribution >= 0.6 is 0 Å². The molecule has 0 aliphatic carbocycles. The smallest absolute Gasteiger partial charge is 0.289 e. The van der Waals surface area contributed by atoms with Gasteiger partial charge in [-0.25, -0.2) is 0 Å². The monoisotopic (exact) mass is 411 g/mol. The molecule has 0 bridgehead atoms. The lowest BCUT2D eigenvalue weighted by molar-refractivity contribution is -0.116. The molecule has 1 fully saturated rings. The van der Waals surface area contributed by atoms with E-state index in [1.54, 1.807) is 24.1 Å². The summed E-state index contributed by atoms with van der Waals surface area (Å²) in [5.74, 6) is 1.11. The van der Waals surface area contributed by atoms with Crippen LogP contribution in [0.5, 0.6) is 0 Å². The number of carbonyl (C=O) groups is 2. The first-order chi connectivity index (χ1) is 14.6. The Kier molecular flexibility index (Phi) is 7.48. The summed E-state index contributed by atoms with van der Waals surface area (Å²) in [5, 5.41) is 6.30. The number of nitrogens with one attached hydrogen (secondary N) is 2. The number of carbonyl (C=O) groups excluding carboxylic acids is 2. The Hall–Kier alpha value is -3.29. The number of amides is 2. The number of furan rings is 1. The third-order valence-electron chi connectivity index (χ3n) is 4.95. The van der Waals surface area contributed by atoms with Crippen LogP contribution < -0.4 is 10.6 Å². The molecular weight excluding hydrogens is 382 g/mol. The highest BCUT2D eigenvalue weighted by Crippen LogP contribution is 2.12. The Morgan fingerprint density at radius 1 is 1.10 bits per heavy atom. The van der Waals surface area contributed by atoms with Crippen molar-refractivity contribution in [2.45, 2.75) is 26.3 Å². The predicted molar refractivity (Wildman–Crippen MR) is 116 cm³/mol. The summed E-state index contributed by atoms with van der Waals surface area (Å²) in [6.45, 7) is 5.19. The van der Waals surface area contributed by atoms with E-state index >= 15 is 0 Å². The molecule has 30 heavy (non-hydrogen) atoms. The van der Waals surface area contributed by atoms with Crippen LogP contribution in [-0.4, -0.2) is 60.8 Å². The fourth-order valence-electron chi connectivity index (χ4n) is 3.40. The number of aliphatic imine (C=N–C) groups is 1. The fourth-order valence-corrected chi connectivity index (χ4v) is 3.40. The Labute approximate surface area is 176 Å². The SMILES string of the molecule is CCCC(=O)Nc1cccc(CNC(=NC)N2CCN(C(=O)c3ccco3)CC2)c1. The zero-order valence-corrected chi connectivity index (χ0v) is 17.6. The van der Waals surface area contributed by atoms with Crippen LogP contribution in [0.2, 0.25) is 0 Å². The van der Waals surface area contributed by atoms with Crippen molar-refractivity contribution in [1.82, 2.24) is 15.1 Å². The number of nitrogens with zero attached hydrogens (tertiary/aromatic N) is 3. The summed E-state index contributed by atoms with van der Waals surface area (Å²) < 4.78 is 5.21. The second-order valence-corrected chi connectivity index (χ2v) is 7.16. The van der Waals surface area contributed by atoms with E-state index in [1.807, 2.05) is 31.2 Å². The number of benzene rings is 1. The summed E-state index contributed by atoms with van der Waals surface area (Å²) in [7, 11) is 1.75. The molecule has 8 nitrogen and oxygen atoms in total. The van der Waals surface area contributed by atoms with Crippen molar-refractivity contribution in [2.75, 3.05) is 38.5 Å². The molecule has 1 saturated heterocycles. The molecular formula is C22H29N5O3. The molecule has 2 amide bonds. The van der Waals surface area contributed by atoms with E-state index in [4.69, 9.17) is 4.42 Å². The molecule has 0 atom stereocenters. The topological polar surface area (TPSA) is 90.2 Å². The first-order valence-corrected chi connectivity index (χ1v) is 10.3. The quantitative estimate of drug-likeness (QED) is 0.563. The van der Waals surface area contributed by atoms with Crippen molar-refractivity contribution in [3.05, 3.63) is 54.0 Å². The van der Waals surface area contributed by atoms with Crippen LogP contribution in [0, 0.1) is 0 Å². The number of anilines is 1. The molecule has 1 aliphatic rings. The first kappa shape index (κ1) is 21.4. The Balaban J connectivity index is 1.51. The summed E-state index contributed by atoms with van der Waals surface area (Å²) >= 11 is 0. The molecule has 1 aromatic carbocycles. The van der Waals surface area contributed by atoms with Gasteiger partial charge in [0.05, 0.1) is 6.26 Å². The zero-order chi connectivity index (χ0) is 21.3. The van der Waals surface area contributed by atoms with Crippen molar-refractivity contribution in [2.24, 2.45) is 4.99 Å². The molecule has 0 saturated carbocycles. The Bertz CT molecular complexity index is 871. The van der Waals surface area contributed by atoms with Gasteiger partial charge in [0.15, 0.2) is 11.7 Å². The molecule has 2 N–H and O–H groups in total. The number of hydrogen-bond donors (Lipinski definition) is 2. The first-order valence-electron chi connectivity index (χ1n) is 10.3. The minimum Gasteiger partial charge on any atom is -0.459 e. The van der Waals surface area contributed by atoms with E-state index in [0.29, 0.717) is 44.9 Å². The second-order valence-electron chi connectivity index (χ2n) is 7.16. The van der Waals surface area contributed by atoms with Crippen LogP contribution in [-0.2, 0) is 11.3 Å². The van der Waals surface area contributed by atoms with Gasteiger partial charge in [0.25, 0.3) is 5.91 Å². The van der Waals surface area contributed by atoms with Gasteiger partial charge in [-0.15, -0.1) is 0 Å². The molecule has 2 aromatic rings. The molecule has 3 rings (SSSR count). The molecule has 2 heterocycles. The van der Waals surface area contributed by atoms with E-state index in [1.165, 1.54) is 6.26 Å². The lowest BCUT2D eigenvalue weighted by Crippen LogP contribution is -2.53. The molecule has 0 radical (unpaired) electrons. The normalized spacial score (nSPS) is 14.5. The van der Waals surface area contributed by atoms with Gasteiger partial charge in [-0.2, -0.15) is 0 Å². The largest absolute Gasteiger partial charge is 0.459 e. The minimum absolute atomic E-state index is 0.0281. The summed E-state index contributed by atoms with van der Waals surface area (Å²) in [6, 6.07) is 11.2. The van der Waals surface area contributed by atoms with Crippen LogP contribution in [0.25, 0.3) is 0 Å². The van der Waals surface area contributed by atoms with Gasteiger partial charge < -0.3 is 24.9 Å². The van der Waals surface area contributed by atoms with E-state index in [0.717, 1.165) is 23.6 Å². The van der Waals surface area contributed by atoms with Gasteiger partial charge in [-0.05, 0) is 36.2 Å². The van der Waals surface area contributed by atoms with Gasteiger partial charge in [-0.3, -0.25) is 14.6 Å². The molecule has 0 spiro atoms. The lowest BCUT2D eigenvalue weighted by atomic mass is 10.2. The predicted octanol–water partition coefficient (Wildman–Crippen LogP) is 2.55. The van der Waals surface area contributed by atoms with Crippen molar-refractivity contribution < 1.29 is 14.0 Å². The second kappa shape index (κ2) is 10.5. The number of guanidine groups is 1. The van der Waals surface area contributed by atoms with Crippen LogP contribution in [0.4, 0.5) is 5.69 Å². The molecule has 160 valence electrons. The fraction of sp³-hybridized carbons (Fsp3) is 0.409. The number of hydrogen-bond acceptors (Lipinski definition) is 4. The number of rotatable bonds is 6. The molecule has 8 heteroatoms. The highest BCUT2D eigenvalue weighted by molar-refractivity contribution is 5.92. The van der Waals surface area contributed by atoms with Crippen LogP contribution in [0.1, 0.15) is 35.9 Å². The van der Waals surface area contributed by atoms with Crippen LogP contribution in [0.15, 0.2) is 52.1 Å². The zero-order valence-electron chi connectivity index (χ0n) is 17.6. The highest BCUT2D eigenvalue weighted by atomic mass is 16.3. The van der Waals surface area contributed by atoms with Crippen molar-refractivity contribution in [1.29, 1.82) is 0 Å². The third-order valence-corrected chi connectivity index (χ3v) is 4.95.